The minimum atomic E-state index is 0.766. The number of hydrogen-bond donors (Lipinski definition) is 1. The summed E-state index contributed by atoms with van der Waals surface area (Å²) >= 11 is 0. The van der Waals surface area contributed by atoms with Crippen LogP contribution in [0.3, 0.4) is 0 Å². The van der Waals surface area contributed by atoms with E-state index in [2.05, 4.69) is 24.1 Å². The highest BCUT2D eigenvalue weighted by molar-refractivity contribution is 4.83. The Labute approximate surface area is 114 Å². The summed E-state index contributed by atoms with van der Waals surface area (Å²) < 4.78 is 0. The number of rotatable bonds is 6. The van der Waals surface area contributed by atoms with E-state index in [0.29, 0.717) is 0 Å². The first-order chi connectivity index (χ1) is 8.81. The third-order valence-corrected chi connectivity index (χ3v) is 5.04. The molecule has 2 atom stereocenters. The van der Waals surface area contributed by atoms with Crippen molar-refractivity contribution in [3.63, 3.8) is 0 Å². The normalized spacial score (nSPS) is 27.8. The van der Waals surface area contributed by atoms with E-state index in [0.717, 1.165) is 18.0 Å². The predicted molar refractivity (Wildman–Crippen MR) is 78.9 cm³/mol. The summed E-state index contributed by atoms with van der Waals surface area (Å²) in [6, 6.07) is 1.57. The Morgan fingerprint density at radius 1 is 1.11 bits per heavy atom. The average molecular weight is 252 g/mol. The molecule has 0 amide bonds. The van der Waals surface area contributed by atoms with Crippen LogP contribution in [0.5, 0.6) is 0 Å². The molecule has 2 unspecified atom stereocenters. The topological polar surface area (TPSA) is 15.3 Å². The SMILES string of the molecule is CCCN(CC1CCCN1)C(C)C1CCCCC1. The summed E-state index contributed by atoms with van der Waals surface area (Å²) in [5, 5.41) is 3.66. The van der Waals surface area contributed by atoms with Gasteiger partial charge in [0.05, 0.1) is 0 Å². The molecular formula is C16H32N2. The smallest absolute Gasteiger partial charge is 0.0195 e. The quantitative estimate of drug-likeness (QED) is 0.779. The lowest BCUT2D eigenvalue weighted by molar-refractivity contribution is 0.120. The zero-order valence-corrected chi connectivity index (χ0v) is 12.5. The van der Waals surface area contributed by atoms with E-state index in [1.165, 1.54) is 71.0 Å². The van der Waals surface area contributed by atoms with Crippen LogP contribution >= 0.6 is 0 Å². The maximum absolute atomic E-state index is 3.66. The third kappa shape index (κ3) is 3.96. The van der Waals surface area contributed by atoms with Crippen LogP contribution in [0.1, 0.15) is 65.2 Å². The molecule has 0 radical (unpaired) electrons. The second kappa shape index (κ2) is 7.49. The summed E-state index contributed by atoms with van der Waals surface area (Å²) in [7, 11) is 0. The van der Waals surface area contributed by atoms with Crippen molar-refractivity contribution in [2.24, 2.45) is 5.92 Å². The van der Waals surface area contributed by atoms with Crippen molar-refractivity contribution >= 4 is 0 Å². The van der Waals surface area contributed by atoms with Gasteiger partial charge in [-0.1, -0.05) is 26.2 Å². The fourth-order valence-corrected chi connectivity index (χ4v) is 3.86. The molecule has 0 aromatic carbocycles. The Morgan fingerprint density at radius 3 is 2.50 bits per heavy atom. The van der Waals surface area contributed by atoms with E-state index < -0.39 is 0 Å². The Morgan fingerprint density at radius 2 is 1.89 bits per heavy atom. The van der Waals surface area contributed by atoms with Gasteiger partial charge < -0.3 is 5.32 Å². The van der Waals surface area contributed by atoms with Crippen LogP contribution in [0, 0.1) is 5.92 Å². The van der Waals surface area contributed by atoms with Gasteiger partial charge in [0.15, 0.2) is 0 Å². The first-order valence-corrected chi connectivity index (χ1v) is 8.28. The Kier molecular flexibility index (Phi) is 5.97. The molecule has 2 nitrogen and oxygen atoms in total. The van der Waals surface area contributed by atoms with Crippen molar-refractivity contribution in [2.75, 3.05) is 19.6 Å². The molecule has 0 bridgehead atoms. The van der Waals surface area contributed by atoms with Crippen LogP contribution in [0.2, 0.25) is 0 Å². The van der Waals surface area contributed by atoms with Crippen LogP contribution in [-0.2, 0) is 0 Å². The lowest BCUT2D eigenvalue weighted by atomic mass is 9.83. The van der Waals surface area contributed by atoms with Crippen molar-refractivity contribution < 1.29 is 0 Å². The summed E-state index contributed by atoms with van der Waals surface area (Å²) in [4.78, 5) is 2.78. The minimum absolute atomic E-state index is 0.766. The van der Waals surface area contributed by atoms with Gasteiger partial charge in [0.2, 0.25) is 0 Å². The number of hydrogen-bond acceptors (Lipinski definition) is 2. The maximum atomic E-state index is 3.66. The van der Waals surface area contributed by atoms with Gasteiger partial charge in [-0.2, -0.15) is 0 Å². The zero-order chi connectivity index (χ0) is 12.8. The van der Waals surface area contributed by atoms with Gasteiger partial charge in [0.1, 0.15) is 0 Å². The summed E-state index contributed by atoms with van der Waals surface area (Å²) in [5.74, 6) is 0.965. The van der Waals surface area contributed by atoms with Crippen molar-refractivity contribution in [1.82, 2.24) is 10.2 Å². The lowest BCUT2D eigenvalue weighted by Crippen LogP contribution is -2.46. The largest absolute Gasteiger partial charge is 0.313 e. The summed E-state index contributed by atoms with van der Waals surface area (Å²) in [6.07, 6.45) is 11.4. The molecule has 1 saturated carbocycles. The molecule has 1 saturated heterocycles. The summed E-state index contributed by atoms with van der Waals surface area (Å²) in [5.41, 5.74) is 0. The molecule has 1 N–H and O–H groups in total. The fraction of sp³-hybridized carbons (Fsp3) is 1.00. The number of nitrogens with zero attached hydrogens (tertiary/aromatic N) is 1. The van der Waals surface area contributed by atoms with Crippen molar-refractivity contribution in [3.05, 3.63) is 0 Å². The van der Waals surface area contributed by atoms with Crippen LogP contribution in [0.25, 0.3) is 0 Å². The molecule has 0 spiro atoms. The van der Waals surface area contributed by atoms with E-state index in [4.69, 9.17) is 0 Å². The van der Waals surface area contributed by atoms with Gasteiger partial charge in [0, 0.05) is 18.6 Å². The van der Waals surface area contributed by atoms with Crippen molar-refractivity contribution in [1.29, 1.82) is 0 Å². The highest BCUT2D eigenvalue weighted by atomic mass is 15.2. The molecule has 0 aromatic rings. The first-order valence-electron chi connectivity index (χ1n) is 8.28. The van der Waals surface area contributed by atoms with Crippen LogP contribution < -0.4 is 5.32 Å². The maximum Gasteiger partial charge on any atom is 0.0195 e. The molecule has 18 heavy (non-hydrogen) atoms. The molecular weight excluding hydrogens is 220 g/mol. The zero-order valence-electron chi connectivity index (χ0n) is 12.5. The van der Waals surface area contributed by atoms with E-state index in [1.54, 1.807) is 0 Å². The summed E-state index contributed by atoms with van der Waals surface area (Å²) in [6.45, 7) is 8.62. The Balaban J connectivity index is 1.85. The minimum Gasteiger partial charge on any atom is -0.313 e. The number of nitrogens with one attached hydrogen (secondary N) is 1. The van der Waals surface area contributed by atoms with E-state index >= 15 is 0 Å². The van der Waals surface area contributed by atoms with Gasteiger partial charge in [-0.3, -0.25) is 4.90 Å². The molecule has 0 aromatic heterocycles. The Bertz CT molecular complexity index is 217. The van der Waals surface area contributed by atoms with Gasteiger partial charge in [-0.25, -0.2) is 0 Å². The second-order valence-electron chi connectivity index (χ2n) is 6.43. The van der Waals surface area contributed by atoms with Crippen molar-refractivity contribution in [3.8, 4) is 0 Å². The van der Waals surface area contributed by atoms with Crippen LogP contribution in [-0.4, -0.2) is 36.6 Å². The van der Waals surface area contributed by atoms with Gasteiger partial charge in [-0.05, 0) is 58.0 Å². The molecule has 1 aliphatic carbocycles. The predicted octanol–water partition coefficient (Wildman–Crippen LogP) is 3.42. The van der Waals surface area contributed by atoms with Crippen LogP contribution in [0.4, 0.5) is 0 Å². The van der Waals surface area contributed by atoms with E-state index in [-0.39, 0.29) is 0 Å². The second-order valence-corrected chi connectivity index (χ2v) is 6.43. The van der Waals surface area contributed by atoms with E-state index in [1.807, 2.05) is 0 Å². The lowest BCUT2D eigenvalue weighted by Gasteiger charge is -2.38. The van der Waals surface area contributed by atoms with Gasteiger partial charge in [-0.15, -0.1) is 0 Å². The molecule has 1 aliphatic heterocycles. The molecule has 2 rings (SSSR count). The molecule has 2 aliphatic rings. The fourth-order valence-electron chi connectivity index (χ4n) is 3.86. The average Bonchev–Trinajstić information content (AvgIpc) is 2.91. The molecule has 1 heterocycles. The first kappa shape index (κ1) is 14.3. The highest BCUT2D eigenvalue weighted by Gasteiger charge is 2.27. The monoisotopic (exact) mass is 252 g/mol. The molecule has 106 valence electrons. The van der Waals surface area contributed by atoms with Gasteiger partial charge >= 0.3 is 0 Å². The molecule has 2 fully saturated rings. The van der Waals surface area contributed by atoms with Gasteiger partial charge in [0.25, 0.3) is 0 Å². The van der Waals surface area contributed by atoms with Crippen LogP contribution in [0.15, 0.2) is 0 Å². The molecule has 2 heteroatoms. The standard InChI is InChI=1S/C16H32N2/c1-3-12-18(13-16-10-7-11-17-16)14(2)15-8-5-4-6-9-15/h14-17H,3-13H2,1-2H3. The Hall–Kier alpha value is -0.0800. The third-order valence-electron chi connectivity index (χ3n) is 5.04. The highest BCUT2D eigenvalue weighted by Crippen LogP contribution is 2.29. The van der Waals surface area contributed by atoms with Crippen molar-refractivity contribution in [2.45, 2.75) is 77.3 Å². The van der Waals surface area contributed by atoms with E-state index in [9.17, 15) is 0 Å².